The van der Waals surface area contributed by atoms with Crippen LogP contribution in [-0.2, 0) is 69.8 Å². The number of halogens is 1. The molecule has 0 radical (unpaired) electrons. The number of amides is 6. The maximum atomic E-state index is 15.4. The smallest absolute Gasteiger partial charge is 0.405 e. The lowest BCUT2D eigenvalue weighted by atomic mass is 9.81. The summed E-state index contributed by atoms with van der Waals surface area (Å²) in [5.74, 6) is -4.63. The van der Waals surface area contributed by atoms with Crippen LogP contribution < -0.4 is 37.5 Å². The Morgan fingerprint density at radius 1 is 0.955 bits per heavy atom. The zero-order chi connectivity index (χ0) is 47.1. The predicted molar refractivity (Wildman–Crippen MR) is 229 cm³/mol. The minimum absolute atomic E-state index is 0.0421. The van der Waals surface area contributed by atoms with Crippen molar-refractivity contribution in [1.82, 2.24) is 41.5 Å². The number of aromatic nitrogens is 2. The van der Waals surface area contributed by atoms with Crippen LogP contribution >= 0.6 is 0 Å². The molecule has 1 fully saturated rings. The first-order chi connectivity index (χ1) is 31.5. The molecule has 2 aliphatic carbocycles. The van der Waals surface area contributed by atoms with E-state index in [4.69, 9.17) is 19.6 Å². The summed E-state index contributed by atoms with van der Waals surface area (Å²) in [5, 5.41) is 35.5. The summed E-state index contributed by atoms with van der Waals surface area (Å²) in [7, 11) is 0. The molecule has 2 aromatic heterocycles. The van der Waals surface area contributed by atoms with Crippen molar-refractivity contribution in [2.45, 2.75) is 88.8 Å². The molecule has 2 aliphatic heterocycles. The number of ether oxygens (including phenoxy) is 2. The Bertz CT molecular complexity index is 2780. The van der Waals surface area contributed by atoms with Gasteiger partial charge in [0.15, 0.2) is 5.60 Å². The quantitative estimate of drug-likeness (QED) is 0.0495. The van der Waals surface area contributed by atoms with Gasteiger partial charge in [-0.1, -0.05) is 37.3 Å². The van der Waals surface area contributed by atoms with E-state index in [2.05, 4.69) is 26.6 Å². The molecular formula is C45H47FN8O12. The predicted octanol–water partition coefficient (Wildman–Crippen LogP) is 0.481. The fourth-order valence-corrected chi connectivity index (χ4v) is 8.85. The van der Waals surface area contributed by atoms with Gasteiger partial charge in [0, 0.05) is 29.0 Å². The Morgan fingerprint density at radius 3 is 2.38 bits per heavy atom. The van der Waals surface area contributed by atoms with Gasteiger partial charge in [-0.25, -0.2) is 19.0 Å². The summed E-state index contributed by atoms with van der Waals surface area (Å²) in [6.45, 7) is 1.02. The summed E-state index contributed by atoms with van der Waals surface area (Å²) in [6.07, 6.45) is 0.0559. The number of benzene rings is 2. The zero-order valence-electron chi connectivity index (χ0n) is 35.9. The Balaban J connectivity index is 0.928. The number of carboxylic acid groups (broad SMARTS) is 1. The van der Waals surface area contributed by atoms with Gasteiger partial charge in [-0.05, 0) is 67.3 Å². The number of cyclic esters (lactones) is 1. The average molecular weight is 911 g/mol. The molecule has 346 valence electrons. The maximum absolute atomic E-state index is 15.4. The molecule has 0 spiro atoms. The highest BCUT2D eigenvalue weighted by Gasteiger charge is 2.53. The topological polar surface area (TPSA) is 285 Å². The summed E-state index contributed by atoms with van der Waals surface area (Å²) in [4.78, 5) is 107. The van der Waals surface area contributed by atoms with Gasteiger partial charge in [-0.15, -0.1) is 0 Å². The lowest BCUT2D eigenvalue weighted by molar-refractivity contribution is -0.172. The number of hydrogen-bond donors (Lipinski definition) is 8. The Kier molecular flexibility index (Phi) is 12.3. The molecule has 4 aromatic rings. The number of rotatable bonds is 16. The van der Waals surface area contributed by atoms with Crippen LogP contribution in [0.4, 0.5) is 9.18 Å². The number of aliphatic hydroxyl groups is 1. The molecule has 66 heavy (non-hydrogen) atoms. The van der Waals surface area contributed by atoms with Crippen molar-refractivity contribution >= 4 is 52.5 Å². The highest BCUT2D eigenvalue weighted by molar-refractivity contribution is 5.96. The lowest BCUT2D eigenvalue weighted by Gasteiger charge is -2.31. The molecule has 8 rings (SSSR count). The van der Waals surface area contributed by atoms with E-state index in [1.165, 1.54) is 10.6 Å². The van der Waals surface area contributed by atoms with E-state index in [9.17, 15) is 43.5 Å². The van der Waals surface area contributed by atoms with Gasteiger partial charge in [0.1, 0.15) is 30.8 Å². The normalized spacial score (nSPS) is 18.7. The monoisotopic (exact) mass is 910 g/mol. The third-order valence-corrected chi connectivity index (χ3v) is 12.6. The van der Waals surface area contributed by atoms with Crippen LogP contribution in [0.1, 0.15) is 77.6 Å². The van der Waals surface area contributed by atoms with E-state index in [1.807, 2.05) is 5.32 Å². The number of nitrogens with one attached hydrogen (secondary N) is 6. The Morgan fingerprint density at radius 2 is 1.67 bits per heavy atom. The van der Waals surface area contributed by atoms with E-state index in [1.54, 1.807) is 50.2 Å². The van der Waals surface area contributed by atoms with Gasteiger partial charge in [-0.2, -0.15) is 0 Å². The van der Waals surface area contributed by atoms with Crippen molar-refractivity contribution in [3.8, 4) is 11.4 Å². The molecule has 21 heteroatoms. The number of carbonyl (C=O) groups excluding carboxylic acids is 6. The fourth-order valence-electron chi connectivity index (χ4n) is 8.85. The second-order valence-corrected chi connectivity index (χ2v) is 16.7. The standard InChI is InChI=1S/C45H47FN8O12/c1-3-45(64)27-14-32-38-25(19-54(32)40(59)26(27)20-65-42(45)61)37-29(10-9-24-22(2)28(46)15-30(52-38)36(24)37)53-41(60)44(11-12-44)66-21-50-34(56)16-48-39(58)31(13-23-7-5-4-6-8-23)51-35(57)18-47-33(55)17-49-43(62)63/h4-8,14-15,29,31,49,64H,3,9-13,16-21H2,1-2H3,(H,47,55)(H,48,58)(H,50,56)(H,51,57)(H,53,60)(H,62,63)/t29-,31?,45-/m0/s1. The molecule has 4 aliphatic rings. The first kappa shape index (κ1) is 45.3. The average Bonchev–Trinajstić information content (AvgIpc) is 4.00. The summed E-state index contributed by atoms with van der Waals surface area (Å²) in [5.41, 5.74) is 0.688. The molecule has 1 unspecified atom stereocenters. The molecule has 1 saturated carbocycles. The number of esters is 1. The second kappa shape index (κ2) is 18.0. The van der Waals surface area contributed by atoms with E-state index < -0.39 is 95.9 Å². The van der Waals surface area contributed by atoms with E-state index in [0.717, 1.165) is 5.56 Å². The number of aryl methyl sites for hydroxylation is 1. The fraction of sp³-hybridized carbons (Fsp3) is 0.400. The number of nitrogens with zero attached hydrogens (tertiary/aromatic N) is 2. The van der Waals surface area contributed by atoms with Gasteiger partial charge in [0.05, 0.1) is 54.7 Å². The van der Waals surface area contributed by atoms with Crippen LogP contribution in [0.3, 0.4) is 0 Å². The van der Waals surface area contributed by atoms with E-state index in [-0.39, 0.29) is 43.9 Å². The maximum Gasteiger partial charge on any atom is 0.405 e. The van der Waals surface area contributed by atoms with Crippen molar-refractivity contribution in [1.29, 1.82) is 0 Å². The number of hydrogen-bond acceptors (Lipinski definition) is 12. The van der Waals surface area contributed by atoms with Crippen molar-refractivity contribution < 1.29 is 57.6 Å². The first-order valence-corrected chi connectivity index (χ1v) is 21.4. The number of carbonyl (C=O) groups is 7. The highest BCUT2D eigenvalue weighted by Crippen LogP contribution is 2.47. The van der Waals surface area contributed by atoms with Gasteiger partial charge < -0.3 is 56.2 Å². The minimum atomic E-state index is -2.05. The number of pyridine rings is 2. The van der Waals surface area contributed by atoms with Crippen molar-refractivity contribution in [2.24, 2.45) is 0 Å². The molecular weight excluding hydrogens is 864 g/mol. The molecule has 6 amide bonds. The van der Waals surface area contributed by atoms with Gasteiger partial charge in [-0.3, -0.25) is 28.8 Å². The van der Waals surface area contributed by atoms with E-state index >= 15 is 4.39 Å². The van der Waals surface area contributed by atoms with Gasteiger partial charge in [0.25, 0.3) is 11.5 Å². The van der Waals surface area contributed by atoms with Crippen LogP contribution in [0.2, 0.25) is 0 Å². The van der Waals surface area contributed by atoms with Gasteiger partial charge in [0.2, 0.25) is 23.6 Å². The zero-order valence-corrected chi connectivity index (χ0v) is 35.9. The molecule has 3 atom stereocenters. The Hall–Kier alpha value is -7.26. The third kappa shape index (κ3) is 8.65. The number of fused-ring (bicyclic) bond motifs is 5. The van der Waals surface area contributed by atoms with Crippen LogP contribution in [0.15, 0.2) is 47.3 Å². The summed E-state index contributed by atoms with van der Waals surface area (Å²) in [6, 6.07) is 9.86. The molecule has 2 aromatic carbocycles. The lowest BCUT2D eigenvalue weighted by Crippen LogP contribution is -2.52. The third-order valence-electron chi connectivity index (χ3n) is 12.6. The molecule has 20 nitrogen and oxygen atoms in total. The SMILES string of the molecule is CC[C@@]1(O)C(=O)OCc2c1cc1n(c2=O)Cc2c-1nc1cc(F)c(C)c3c1c2[C@@H](NC(=O)C1(OCNC(=O)CNC(=O)C(Cc2ccccc2)NC(=O)CNC(=O)CNC(=O)O)CC1)CC3. The summed E-state index contributed by atoms with van der Waals surface area (Å²) >= 11 is 0. The molecule has 4 heterocycles. The van der Waals surface area contributed by atoms with Crippen LogP contribution in [-0.4, -0.2) is 99.4 Å². The minimum Gasteiger partial charge on any atom is -0.465 e. The second-order valence-electron chi connectivity index (χ2n) is 16.7. The van der Waals surface area contributed by atoms with Crippen molar-refractivity contribution in [3.63, 3.8) is 0 Å². The first-order valence-electron chi connectivity index (χ1n) is 21.4. The molecule has 8 N–H and O–H groups in total. The molecule has 0 saturated heterocycles. The Labute approximate surface area is 375 Å². The van der Waals surface area contributed by atoms with Crippen LogP contribution in [0, 0.1) is 12.7 Å². The largest absolute Gasteiger partial charge is 0.465 e. The van der Waals surface area contributed by atoms with Crippen molar-refractivity contribution in [2.75, 3.05) is 26.4 Å². The van der Waals surface area contributed by atoms with Gasteiger partial charge >= 0.3 is 12.1 Å². The highest BCUT2D eigenvalue weighted by atomic mass is 19.1. The van der Waals surface area contributed by atoms with E-state index in [0.29, 0.717) is 70.2 Å². The molecule has 0 bridgehead atoms. The van der Waals surface area contributed by atoms with Crippen molar-refractivity contribution in [3.05, 3.63) is 97.6 Å². The van der Waals surface area contributed by atoms with Crippen LogP contribution in [0.5, 0.6) is 0 Å². The van der Waals surface area contributed by atoms with Crippen LogP contribution in [0.25, 0.3) is 22.3 Å². The summed E-state index contributed by atoms with van der Waals surface area (Å²) < 4.78 is 28.1.